The number of primary amides is 1. The maximum Gasteiger partial charge on any atom is 0.306 e. The normalized spacial score (nSPS) is 13.6. The second kappa shape index (κ2) is 36.4. The van der Waals surface area contributed by atoms with Crippen molar-refractivity contribution in [3.05, 3.63) is 60.8 Å². The van der Waals surface area contributed by atoms with Crippen molar-refractivity contribution >= 4 is 11.9 Å². The molecule has 4 N–H and O–H groups in total. The fourth-order valence-corrected chi connectivity index (χ4v) is 5.23. The quantitative estimate of drug-likeness (QED) is 0.0362. The Morgan fingerprint density at radius 2 is 1.00 bits per heavy atom. The Bertz CT molecular complexity index is 860. The van der Waals surface area contributed by atoms with Crippen LogP contribution < -0.4 is 5.73 Å². The van der Waals surface area contributed by atoms with Crippen molar-refractivity contribution in [3.63, 3.8) is 0 Å². The van der Waals surface area contributed by atoms with Crippen molar-refractivity contribution in [3.8, 4) is 0 Å². The number of nitrogens with two attached hydrogens (primary N) is 1. The first-order valence-corrected chi connectivity index (χ1v) is 19.0. The second-order valence-electron chi connectivity index (χ2n) is 12.7. The fraction of sp³-hybridized carbons (Fsp3) is 0.707. The maximum atomic E-state index is 12.2. The summed E-state index contributed by atoms with van der Waals surface area (Å²) in [5.74, 6) is -0.552. The van der Waals surface area contributed by atoms with Gasteiger partial charge >= 0.3 is 5.97 Å². The molecule has 0 heterocycles. The molecule has 0 saturated heterocycles. The van der Waals surface area contributed by atoms with Gasteiger partial charge in [0.25, 0.3) is 0 Å². The Kier molecular flexibility index (Phi) is 34.5. The van der Waals surface area contributed by atoms with E-state index in [1.807, 2.05) is 0 Å². The Morgan fingerprint density at radius 1 is 0.574 bits per heavy atom. The molecule has 0 spiro atoms. The summed E-state index contributed by atoms with van der Waals surface area (Å²) in [4.78, 5) is 22.9. The zero-order chi connectivity index (χ0) is 34.5. The van der Waals surface area contributed by atoms with E-state index in [4.69, 9.17) is 10.5 Å². The third-order valence-corrected chi connectivity index (χ3v) is 8.18. The van der Waals surface area contributed by atoms with Crippen LogP contribution in [0.5, 0.6) is 0 Å². The van der Waals surface area contributed by atoms with Gasteiger partial charge in [0, 0.05) is 12.8 Å². The highest BCUT2D eigenvalue weighted by Gasteiger charge is 2.22. The molecule has 0 aromatic carbocycles. The number of hydrogen-bond donors (Lipinski definition) is 3. The molecule has 0 fully saturated rings. The molecular weight excluding hydrogens is 586 g/mol. The van der Waals surface area contributed by atoms with Crippen LogP contribution in [-0.2, 0) is 14.3 Å². The Morgan fingerprint density at radius 3 is 1.51 bits per heavy atom. The molecule has 2 unspecified atom stereocenters. The lowest BCUT2D eigenvalue weighted by molar-refractivity contribution is -0.158. The van der Waals surface area contributed by atoms with E-state index in [-0.39, 0.29) is 24.9 Å². The molecule has 6 heteroatoms. The minimum atomic E-state index is -0.840. The van der Waals surface area contributed by atoms with Crippen LogP contribution in [-0.4, -0.2) is 40.9 Å². The summed E-state index contributed by atoms with van der Waals surface area (Å²) in [5, 5.41) is 20.1. The van der Waals surface area contributed by atoms with Gasteiger partial charge in [0.15, 0.2) is 6.10 Å². The lowest BCUT2D eigenvalue weighted by atomic mass is 10.0. The zero-order valence-electron chi connectivity index (χ0n) is 30.0. The van der Waals surface area contributed by atoms with Crippen LogP contribution in [0.3, 0.4) is 0 Å². The van der Waals surface area contributed by atoms with Crippen LogP contribution >= 0.6 is 0 Å². The van der Waals surface area contributed by atoms with E-state index in [9.17, 15) is 19.8 Å². The summed E-state index contributed by atoms with van der Waals surface area (Å²) in [6, 6.07) is 0. The molecule has 2 atom stereocenters. The van der Waals surface area contributed by atoms with E-state index >= 15 is 0 Å². The van der Waals surface area contributed by atoms with Crippen LogP contribution in [0.4, 0.5) is 0 Å². The van der Waals surface area contributed by atoms with Crippen LogP contribution in [0, 0.1) is 0 Å². The maximum absolute atomic E-state index is 12.2. The van der Waals surface area contributed by atoms with Crippen molar-refractivity contribution in [2.45, 2.75) is 180 Å². The number of rotatable bonds is 34. The van der Waals surface area contributed by atoms with Crippen molar-refractivity contribution in [2.75, 3.05) is 6.61 Å². The Labute approximate surface area is 288 Å². The van der Waals surface area contributed by atoms with E-state index in [0.29, 0.717) is 19.3 Å². The minimum absolute atomic E-state index is 0.196. The highest BCUT2D eigenvalue weighted by Crippen LogP contribution is 2.14. The van der Waals surface area contributed by atoms with E-state index in [1.54, 1.807) is 0 Å². The summed E-state index contributed by atoms with van der Waals surface area (Å²) in [7, 11) is 0. The standard InChI is InChI=1S/C41H71NO5/c1-2-3-4-5-6-7-8-9-10-11-15-18-21-24-27-30-33-36-41(46)47-39(37-43)38(44)34-31-28-25-22-19-16-13-12-14-17-20-23-26-29-32-35-40(42)45/h6-7,9-10,12,14-15,18,24,27,38-39,43-44H,2-5,8,11,13,16-17,19-23,25-26,28-37H2,1H3,(H2,42,45). The zero-order valence-corrected chi connectivity index (χ0v) is 30.0. The molecule has 0 saturated carbocycles. The number of esters is 1. The largest absolute Gasteiger partial charge is 0.457 e. The van der Waals surface area contributed by atoms with Crippen LogP contribution in [0.25, 0.3) is 0 Å². The number of carbonyl (C=O) groups excluding carboxylic acids is 2. The van der Waals surface area contributed by atoms with E-state index in [0.717, 1.165) is 70.6 Å². The van der Waals surface area contributed by atoms with Gasteiger partial charge in [-0.1, -0.05) is 132 Å². The van der Waals surface area contributed by atoms with Crippen LogP contribution in [0.15, 0.2) is 60.8 Å². The number of hydrogen-bond acceptors (Lipinski definition) is 5. The number of aliphatic hydroxyl groups is 2. The van der Waals surface area contributed by atoms with Gasteiger partial charge in [-0.3, -0.25) is 9.59 Å². The predicted octanol–water partition coefficient (Wildman–Crippen LogP) is 10.3. The Balaban J connectivity index is 3.70. The average Bonchev–Trinajstić information content (AvgIpc) is 3.06. The molecule has 0 aliphatic carbocycles. The third-order valence-electron chi connectivity index (χ3n) is 8.18. The van der Waals surface area contributed by atoms with Gasteiger partial charge in [0.1, 0.15) is 0 Å². The van der Waals surface area contributed by atoms with Gasteiger partial charge in [-0.25, -0.2) is 0 Å². The van der Waals surface area contributed by atoms with Gasteiger partial charge < -0.3 is 20.7 Å². The smallest absolute Gasteiger partial charge is 0.306 e. The summed E-state index contributed by atoms with van der Waals surface area (Å²) in [6.07, 6.45) is 45.7. The van der Waals surface area contributed by atoms with Gasteiger partial charge in [-0.15, -0.1) is 0 Å². The van der Waals surface area contributed by atoms with Crippen molar-refractivity contribution < 1.29 is 24.5 Å². The molecule has 0 aromatic heterocycles. The molecule has 0 bridgehead atoms. The van der Waals surface area contributed by atoms with E-state index in [1.165, 1.54) is 64.2 Å². The molecule has 0 radical (unpaired) electrons. The van der Waals surface area contributed by atoms with Gasteiger partial charge in [-0.05, 0) is 83.5 Å². The lowest BCUT2D eigenvalue weighted by Gasteiger charge is -2.21. The van der Waals surface area contributed by atoms with E-state index < -0.39 is 12.2 Å². The number of aliphatic hydroxyl groups excluding tert-OH is 2. The first-order valence-electron chi connectivity index (χ1n) is 19.0. The van der Waals surface area contributed by atoms with Crippen molar-refractivity contribution in [2.24, 2.45) is 5.73 Å². The van der Waals surface area contributed by atoms with Crippen molar-refractivity contribution in [1.29, 1.82) is 0 Å². The molecule has 270 valence electrons. The SMILES string of the molecule is CCCCCC=CCC=CCC=CCC=CCCCC(=O)OC(CO)C(O)CCCCCCCCC=CCCCCCCCC(N)=O. The molecule has 0 aromatic rings. The monoisotopic (exact) mass is 658 g/mol. The average molecular weight is 658 g/mol. The molecule has 0 rings (SSSR count). The van der Waals surface area contributed by atoms with Crippen LogP contribution in [0.2, 0.25) is 0 Å². The number of carbonyl (C=O) groups is 2. The molecule has 47 heavy (non-hydrogen) atoms. The van der Waals surface area contributed by atoms with Gasteiger partial charge in [0.05, 0.1) is 12.7 Å². The van der Waals surface area contributed by atoms with Gasteiger partial charge in [0.2, 0.25) is 5.91 Å². The summed E-state index contributed by atoms with van der Waals surface area (Å²) < 4.78 is 5.37. The molecule has 0 aliphatic rings. The summed E-state index contributed by atoms with van der Waals surface area (Å²) in [5.41, 5.74) is 5.15. The number of allylic oxidation sites excluding steroid dienone is 10. The number of unbranched alkanes of at least 4 members (excludes halogenated alkanes) is 15. The van der Waals surface area contributed by atoms with E-state index in [2.05, 4.69) is 67.7 Å². The predicted molar refractivity (Wildman–Crippen MR) is 199 cm³/mol. The molecular formula is C41H71NO5. The highest BCUT2D eigenvalue weighted by molar-refractivity contribution is 5.73. The summed E-state index contributed by atoms with van der Waals surface area (Å²) >= 11 is 0. The van der Waals surface area contributed by atoms with Gasteiger partial charge in [-0.2, -0.15) is 0 Å². The number of ether oxygens (including phenoxy) is 1. The molecule has 6 nitrogen and oxygen atoms in total. The number of amides is 1. The first-order chi connectivity index (χ1) is 23.0. The van der Waals surface area contributed by atoms with Crippen molar-refractivity contribution in [1.82, 2.24) is 0 Å². The minimum Gasteiger partial charge on any atom is -0.457 e. The van der Waals surface area contributed by atoms with Crippen LogP contribution in [0.1, 0.15) is 167 Å². The second-order valence-corrected chi connectivity index (χ2v) is 12.7. The first kappa shape index (κ1) is 44.6. The molecule has 1 amide bonds. The highest BCUT2D eigenvalue weighted by atomic mass is 16.6. The Hall–Kier alpha value is -2.44. The topological polar surface area (TPSA) is 110 Å². The molecule has 0 aliphatic heterocycles. The third kappa shape index (κ3) is 34.7. The summed E-state index contributed by atoms with van der Waals surface area (Å²) in [6.45, 7) is 1.88. The fourth-order valence-electron chi connectivity index (χ4n) is 5.23. The lowest BCUT2D eigenvalue weighted by Crippen LogP contribution is -2.34.